The first kappa shape index (κ1) is 13.3. The van der Waals surface area contributed by atoms with Crippen LogP contribution in [0.4, 0.5) is 13.2 Å². The molecule has 7 heteroatoms. The zero-order chi connectivity index (χ0) is 13.1. The Bertz CT molecular complexity index is 403. The van der Waals surface area contributed by atoms with Crippen LogP contribution in [0.1, 0.15) is 18.1 Å². The molecule has 0 saturated heterocycles. The number of ether oxygens (including phenoxy) is 1. The second kappa shape index (κ2) is 5.05. The fourth-order valence-corrected chi connectivity index (χ4v) is 1.25. The molecule has 1 aromatic carbocycles. The Balaban J connectivity index is 2.95. The minimum Gasteiger partial charge on any atom is -0.481 e. The zero-order valence-electron chi connectivity index (χ0n) is 8.44. The summed E-state index contributed by atoms with van der Waals surface area (Å²) in [7, 11) is 0. The second-order valence-corrected chi connectivity index (χ2v) is 3.20. The van der Waals surface area contributed by atoms with E-state index in [1.54, 1.807) is 0 Å². The zero-order valence-corrected chi connectivity index (χ0v) is 8.44. The first-order valence-corrected chi connectivity index (χ1v) is 4.54. The van der Waals surface area contributed by atoms with Gasteiger partial charge in [0.05, 0.1) is 12.5 Å². The molecular weight excluding hydrogens is 241 g/mol. The highest BCUT2D eigenvalue weighted by Crippen LogP contribution is 2.31. The molecule has 0 bridgehead atoms. The second-order valence-electron chi connectivity index (χ2n) is 3.20. The summed E-state index contributed by atoms with van der Waals surface area (Å²) < 4.78 is 39.8. The SMILES string of the molecule is O=C(O)CC(O)c1ccccc1OC(F)(F)F. The number of hydrogen-bond acceptors (Lipinski definition) is 3. The lowest BCUT2D eigenvalue weighted by Gasteiger charge is -2.15. The van der Waals surface area contributed by atoms with Gasteiger partial charge in [-0.2, -0.15) is 0 Å². The molecule has 4 nitrogen and oxygen atoms in total. The van der Waals surface area contributed by atoms with Crippen molar-refractivity contribution in [3.8, 4) is 5.75 Å². The van der Waals surface area contributed by atoms with Crippen LogP contribution >= 0.6 is 0 Å². The van der Waals surface area contributed by atoms with Gasteiger partial charge in [0.2, 0.25) is 0 Å². The van der Waals surface area contributed by atoms with Gasteiger partial charge in [-0.3, -0.25) is 4.79 Å². The Labute approximate surface area is 94.3 Å². The van der Waals surface area contributed by atoms with Gasteiger partial charge in [-0.1, -0.05) is 18.2 Å². The number of rotatable bonds is 4. The van der Waals surface area contributed by atoms with Crippen molar-refractivity contribution in [2.24, 2.45) is 0 Å². The maximum Gasteiger partial charge on any atom is 0.573 e. The molecule has 0 radical (unpaired) electrons. The average molecular weight is 250 g/mol. The molecule has 0 aliphatic rings. The molecule has 0 aromatic heterocycles. The van der Waals surface area contributed by atoms with Crippen molar-refractivity contribution in [1.29, 1.82) is 0 Å². The van der Waals surface area contributed by atoms with Crippen LogP contribution in [0.25, 0.3) is 0 Å². The number of hydrogen-bond donors (Lipinski definition) is 2. The van der Waals surface area contributed by atoms with Crippen molar-refractivity contribution in [3.05, 3.63) is 29.8 Å². The van der Waals surface area contributed by atoms with Gasteiger partial charge in [0, 0.05) is 5.56 Å². The van der Waals surface area contributed by atoms with Crippen LogP contribution in [-0.4, -0.2) is 22.5 Å². The molecule has 1 rings (SSSR count). The van der Waals surface area contributed by atoms with Gasteiger partial charge in [0.25, 0.3) is 0 Å². The van der Waals surface area contributed by atoms with E-state index in [0.717, 1.165) is 6.07 Å². The predicted octanol–water partition coefficient (Wildman–Crippen LogP) is 2.09. The van der Waals surface area contributed by atoms with E-state index in [4.69, 9.17) is 5.11 Å². The number of aliphatic carboxylic acids is 1. The fraction of sp³-hybridized carbons (Fsp3) is 0.300. The van der Waals surface area contributed by atoms with Gasteiger partial charge in [-0.25, -0.2) is 0 Å². The number of aliphatic hydroxyl groups excluding tert-OH is 1. The van der Waals surface area contributed by atoms with Crippen molar-refractivity contribution in [3.63, 3.8) is 0 Å². The van der Waals surface area contributed by atoms with Crippen LogP contribution in [0.15, 0.2) is 24.3 Å². The third-order valence-electron chi connectivity index (χ3n) is 1.87. The molecule has 1 aromatic rings. The van der Waals surface area contributed by atoms with Crippen LogP contribution in [0.5, 0.6) is 5.75 Å². The molecule has 17 heavy (non-hydrogen) atoms. The lowest BCUT2D eigenvalue weighted by atomic mass is 10.1. The summed E-state index contributed by atoms with van der Waals surface area (Å²) in [6, 6.07) is 4.85. The van der Waals surface area contributed by atoms with Crippen LogP contribution in [-0.2, 0) is 4.79 Å². The third kappa shape index (κ3) is 4.31. The molecule has 0 spiro atoms. The molecule has 0 aliphatic heterocycles. The van der Waals surface area contributed by atoms with Gasteiger partial charge in [0.1, 0.15) is 5.75 Å². The van der Waals surface area contributed by atoms with Crippen molar-refractivity contribution in [2.75, 3.05) is 0 Å². The highest BCUT2D eigenvalue weighted by Gasteiger charge is 2.32. The third-order valence-corrected chi connectivity index (χ3v) is 1.87. The van der Waals surface area contributed by atoms with E-state index >= 15 is 0 Å². The Hall–Kier alpha value is -1.76. The summed E-state index contributed by atoms with van der Waals surface area (Å²) in [5, 5.41) is 17.9. The number of carboxylic acid groups (broad SMARTS) is 1. The van der Waals surface area contributed by atoms with E-state index in [1.807, 2.05) is 0 Å². The molecule has 0 saturated carbocycles. The number of carboxylic acids is 1. The summed E-state index contributed by atoms with van der Waals surface area (Å²) in [5.74, 6) is -1.92. The lowest BCUT2D eigenvalue weighted by molar-refractivity contribution is -0.275. The smallest absolute Gasteiger partial charge is 0.481 e. The Kier molecular flexibility index (Phi) is 3.95. The van der Waals surface area contributed by atoms with Gasteiger partial charge >= 0.3 is 12.3 Å². The summed E-state index contributed by atoms with van der Waals surface area (Å²) in [4.78, 5) is 10.4. The minimum atomic E-state index is -4.89. The van der Waals surface area contributed by atoms with Gasteiger partial charge < -0.3 is 14.9 Å². The fourth-order valence-electron chi connectivity index (χ4n) is 1.25. The lowest BCUT2D eigenvalue weighted by Crippen LogP contribution is -2.19. The number of alkyl halides is 3. The first-order valence-electron chi connectivity index (χ1n) is 4.54. The maximum absolute atomic E-state index is 12.0. The molecule has 0 amide bonds. The molecule has 1 atom stereocenters. The first-order chi connectivity index (χ1) is 7.79. The Morgan fingerprint density at radius 3 is 2.47 bits per heavy atom. The van der Waals surface area contributed by atoms with E-state index in [0.29, 0.717) is 0 Å². The average Bonchev–Trinajstić information content (AvgIpc) is 2.14. The van der Waals surface area contributed by atoms with Gasteiger partial charge in [-0.15, -0.1) is 13.2 Å². The molecule has 0 heterocycles. The topological polar surface area (TPSA) is 66.8 Å². The summed E-state index contributed by atoms with van der Waals surface area (Å²) >= 11 is 0. The number of carbonyl (C=O) groups is 1. The highest BCUT2D eigenvalue weighted by atomic mass is 19.4. The molecule has 1 unspecified atom stereocenters. The largest absolute Gasteiger partial charge is 0.573 e. The Morgan fingerprint density at radius 2 is 1.94 bits per heavy atom. The number of aliphatic hydroxyl groups is 1. The Morgan fingerprint density at radius 1 is 1.35 bits per heavy atom. The predicted molar refractivity (Wildman–Crippen MR) is 50.3 cm³/mol. The van der Waals surface area contributed by atoms with Crippen molar-refractivity contribution in [2.45, 2.75) is 18.9 Å². The molecule has 2 N–H and O–H groups in total. The van der Waals surface area contributed by atoms with Crippen LogP contribution < -0.4 is 4.74 Å². The van der Waals surface area contributed by atoms with E-state index in [1.165, 1.54) is 18.2 Å². The molecule has 0 aliphatic carbocycles. The monoisotopic (exact) mass is 250 g/mol. The normalized spacial score (nSPS) is 13.2. The number of para-hydroxylation sites is 1. The van der Waals surface area contributed by atoms with Crippen molar-refractivity contribution in [1.82, 2.24) is 0 Å². The molecule has 0 fully saturated rings. The standard InChI is InChI=1S/C10H9F3O4/c11-10(12,13)17-8-4-2-1-3-6(8)7(14)5-9(15)16/h1-4,7,14H,5H2,(H,15,16). The number of benzene rings is 1. The molecular formula is C10H9F3O4. The summed E-state index contributed by atoms with van der Waals surface area (Å²) in [5.41, 5.74) is -0.216. The van der Waals surface area contributed by atoms with Gasteiger partial charge in [-0.05, 0) is 6.07 Å². The maximum atomic E-state index is 12.0. The number of halogens is 3. The van der Waals surface area contributed by atoms with Gasteiger partial charge in [0.15, 0.2) is 0 Å². The molecule has 94 valence electrons. The quantitative estimate of drug-likeness (QED) is 0.858. The van der Waals surface area contributed by atoms with Crippen LogP contribution in [0.3, 0.4) is 0 Å². The van der Waals surface area contributed by atoms with E-state index < -0.39 is 30.6 Å². The van der Waals surface area contributed by atoms with E-state index in [-0.39, 0.29) is 5.56 Å². The van der Waals surface area contributed by atoms with Crippen molar-refractivity contribution < 1.29 is 32.9 Å². The minimum absolute atomic E-state index is 0.216. The summed E-state index contributed by atoms with van der Waals surface area (Å²) in [6.45, 7) is 0. The highest BCUT2D eigenvalue weighted by molar-refractivity contribution is 5.67. The van der Waals surface area contributed by atoms with Crippen LogP contribution in [0.2, 0.25) is 0 Å². The van der Waals surface area contributed by atoms with Crippen LogP contribution in [0, 0.1) is 0 Å². The van der Waals surface area contributed by atoms with Crippen molar-refractivity contribution >= 4 is 5.97 Å². The van der Waals surface area contributed by atoms with E-state index in [9.17, 15) is 23.1 Å². The summed E-state index contributed by atoms with van der Waals surface area (Å²) in [6.07, 6.45) is -7.14. The van der Waals surface area contributed by atoms with E-state index in [2.05, 4.69) is 4.74 Å².